The zero-order valence-electron chi connectivity index (χ0n) is 15.2. The summed E-state index contributed by atoms with van der Waals surface area (Å²) >= 11 is 0. The van der Waals surface area contributed by atoms with Gasteiger partial charge in [0.05, 0.1) is 18.8 Å². The smallest absolute Gasteiger partial charge is 0.0802 e. The Morgan fingerprint density at radius 3 is 2.17 bits per heavy atom. The lowest BCUT2D eigenvalue weighted by Gasteiger charge is -2.18. The molecule has 0 aromatic heterocycles. The van der Waals surface area contributed by atoms with Crippen molar-refractivity contribution in [3.05, 3.63) is 47.1 Å². The van der Waals surface area contributed by atoms with Crippen LogP contribution in [0.2, 0.25) is 0 Å². The van der Waals surface area contributed by atoms with E-state index in [0.717, 1.165) is 31.3 Å². The average molecular weight is 322 g/mol. The van der Waals surface area contributed by atoms with Gasteiger partial charge in [0.2, 0.25) is 0 Å². The van der Waals surface area contributed by atoms with Crippen molar-refractivity contribution in [1.82, 2.24) is 0 Å². The summed E-state index contributed by atoms with van der Waals surface area (Å²) in [6.07, 6.45) is 14.1. The van der Waals surface area contributed by atoms with Crippen molar-refractivity contribution in [2.24, 2.45) is 0 Å². The Morgan fingerprint density at radius 2 is 1.57 bits per heavy atom. The lowest BCUT2D eigenvalue weighted by molar-refractivity contribution is 0.103. The third-order valence-electron chi connectivity index (χ3n) is 3.78. The molecule has 0 amide bonds. The fourth-order valence-corrected chi connectivity index (χ4v) is 2.14. The molecule has 0 unspecified atom stereocenters. The Hall–Kier alpha value is -1.16. The zero-order chi connectivity index (χ0) is 17.7. The van der Waals surface area contributed by atoms with Gasteiger partial charge >= 0.3 is 0 Å². The Balaban J connectivity index is 4.20. The molecular formula is C20H34O3. The van der Waals surface area contributed by atoms with Crippen molar-refractivity contribution >= 4 is 0 Å². The quantitative estimate of drug-likeness (QED) is 0.503. The minimum Gasteiger partial charge on any atom is -0.392 e. The third kappa shape index (κ3) is 13.0. The first-order chi connectivity index (χ1) is 10.8. The molecule has 0 saturated carbocycles. The molecule has 0 aliphatic rings. The van der Waals surface area contributed by atoms with Gasteiger partial charge in [-0.2, -0.15) is 0 Å². The van der Waals surface area contributed by atoms with Crippen LogP contribution in [0.15, 0.2) is 47.1 Å². The second-order valence-corrected chi connectivity index (χ2v) is 6.53. The predicted octanol–water partition coefficient (Wildman–Crippen LogP) is 4.07. The van der Waals surface area contributed by atoms with Crippen LogP contribution in [0, 0.1) is 0 Å². The normalized spacial score (nSPS) is 16.9. The van der Waals surface area contributed by atoms with Gasteiger partial charge in [0.25, 0.3) is 0 Å². The van der Waals surface area contributed by atoms with Gasteiger partial charge in [-0.05, 0) is 59.8 Å². The number of aliphatic hydroxyl groups is 3. The van der Waals surface area contributed by atoms with Gasteiger partial charge in [-0.25, -0.2) is 0 Å². The van der Waals surface area contributed by atoms with E-state index in [2.05, 4.69) is 13.0 Å². The highest BCUT2D eigenvalue weighted by Gasteiger charge is 2.14. The first kappa shape index (κ1) is 21.8. The number of hydrogen-bond acceptors (Lipinski definition) is 3. The van der Waals surface area contributed by atoms with Gasteiger partial charge in [-0.3, -0.25) is 0 Å². The number of aliphatic hydroxyl groups excluding tert-OH is 2. The molecule has 132 valence electrons. The van der Waals surface area contributed by atoms with E-state index >= 15 is 0 Å². The molecule has 3 heteroatoms. The molecule has 3 nitrogen and oxygen atoms in total. The van der Waals surface area contributed by atoms with E-state index in [1.54, 1.807) is 0 Å². The Morgan fingerprint density at radius 1 is 0.913 bits per heavy atom. The molecular weight excluding hydrogens is 288 g/mol. The van der Waals surface area contributed by atoms with E-state index in [9.17, 15) is 5.11 Å². The van der Waals surface area contributed by atoms with Gasteiger partial charge in [-0.1, -0.05) is 47.1 Å². The van der Waals surface area contributed by atoms with Crippen molar-refractivity contribution in [2.45, 2.75) is 65.4 Å². The summed E-state index contributed by atoms with van der Waals surface area (Å²) in [5.41, 5.74) is 2.62. The van der Waals surface area contributed by atoms with Crippen LogP contribution in [0.1, 0.15) is 59.8 Å². The third-order valence-corrected chi connectivity index (χ3v) is 3.78. The molecule has 3 N–H and O–H groups in total. The van der Waals surface area contributed by atoms with Crippen LogP contribution >= 0.6 is 0 Å². The maximum absolute atomic E-state index is 10.3. The maximum atomic E-state index is 10.3. The summed E-state index contributed by atoms with van der Waals surface area (Å²) in [5.74, 6) is 0. The molecule has 0 radical (unpaired) electrons. The summed E-state index contributed by atoms with van der Waals surface area (Å²) < 4.78 is 0. The van der Waals surface area contributed by atoms with Gasteiger partial charge in [0.15, 0.2) is 0 Å². The highest BCUT2D eigenvalue weighted by molar-refractivity contribution is 5.10. The van der Waals surface area contributed by atoms with Crippen molar-refractivity contribution in [3.8, 4) is 0 Å². The summed E-state index contributed by atoms with van der Waals surface area (Å²) in [6, 6.07) is 0. The first-order valence-corrected chi connectivity index (χ1v) is 8.39. The van der Waals surface area contributed by atoms with E-state index in [1.165, 1.54) is 11.1 Å². The molecule has 1 atom stereocenters. The second-order valence-electron chi connectivity index (χ2n) is 6.53. The minimum absolute atomic E-state index is 0.0783. The molecule has 0 rings (SSSR count). The monoisotopic (exact) mass is 322 g/mol. The fourth-order valence-electron chi connectivity index (χ4n) is 2.14. The molecule has 0 aromatic carbocycles. The minimum atomic E-state index is -0.813. The number of rotatable bonds is 11. The fraction of sp³-hybridized carbons (Fsp3) is 0.600. The first-order valence-electron chi connectivity index (χ1n) is 8.39. The average Bonchev–Trinajstić information content (AvgIpc) is 2.46. The standard InChI is InChI=1S/C20H34O3/c1-17(8-5-9-18(2)12-15-21)10-6-13-20(4,23)14-7-11-19(3)16-22/h6,8,11-13,21-23H,5,7,9-10,14-16H2,1-4H3/b13-6+,17-8+,18-12+,19-11+/t20-/m1/s1. The van der Waals surface area contributed by atoms with Gasteiger partial charge in [0.1, 0.15) is 0 Å². The molecule has 0 aliphatic heterocycles. The predicted molar refractivity (Wildman–Crippen MR) is 98.3 cm³/mol. The van der Waals surface area contributed by atoms with E-state index in [4.69, 9.17) is 10.2 Å². The van der Waals surface area contributed by atoms with Crippen LogP contribution in [0.3, 0.4) is 0 Å². The van der Waals surface area contributed by atoms with Gasteiger partial charge in [-0.15, -0.1) is 0 Å². The van der Waals surface area contributed by atoms with Gasteiger partial charge in [0, 0.05) is 0 Å². The van der Waals surface area contributed by atoms with Crippen LogP contribution in [-0.4, -0.2) is 34.1 Å². The van der Waals surface area contributed by atoms with Crippen LogP contribution in [0.5, 0.6) is 0 Å². The summed E-state index contributed by atoms with van der Waals surface area (Å²) in [6.45, 7) is 8.01. The molecule has 0 bridgehead atoms. The van der Waals surface area contributed by atoms with Crippen LogP contribution < -0.4 is 0 Å². The van der Waals surface area contributed by atoms with Crippen molar-refractivity contribution < 1.29 is 15.3 Å². The van der Waals surface area contributed by atoms with E-state index < -0.39 is 5.60 Å². The Kier molecular flexibility index (Phi) is 11.7. The molecule has 0 aliphatic carbocycles. The van der Waals surface area contributed by atoms with Crippen LogP contribution in [0.4, 0.5) is 0 Å². The van der Waals surface area contributed by atoms with E-state index in [1.807, 2.05) is 45.1 Å². The van der Waals surface area contributed by atoms with Crippen molar-refractivity contribution in [3.63, 3.8) is 0 Å². The summed E-state index contributed by atoms with van der Waals surface area (Å²) in [4.78, 5) is 0. The summed E-state index contributed by atoms with van der Waals surface area (Å²) in [5, 5.41) is 28.0. The van der Waals surface area contributed by atoms with Crippen LogP contribution in [0.25, 0.3) is 0 Å². The molecule has 0 saturated heterocycles. The van der Waals surface area contributed by atoms with Crippen LogP contribution in [-0.2, 0) is 0 Å². The topological polar surface area (TPSA) is 60.7 Å². The molecule has 0 heterocycles. The largest absolute Gasteiger partial charge is 0.392 e. The Bertz CT molecular complexity index is 440. The molecule has 0 aromatic rings. The number of allylic oxidation sites excluding steroid dienone is 5. The lowest BCUT2D eigenvalue weighted by Crippen LogP contribution is -2.20. The second kappa shape index (κ2) is 12.3. The Labute approximate surface area is 141 Å². The molecule has 23 heavy (non-hydrogen) atoms. The summed E-state index contributed by atoms with van der Waals surface area (Å²) in [7, 11) is 0. The number of hydrogen-bond donors (Lipinski definition) is 3. The van der Waals surface area contributed by atoms with Gasteiger partial charge < -0.3 is 15.3 Å². The maximum Gasteiger partial charge on any atom is 0.0802 e. The van der Waals surface area contributed by atoms with Crippen molar-refractivity contribution in [1.29, 1.82) is 0 Å². The highest BCUT2D eigenvalue weighted by atomic mass is 16.3. The SMILES string of the molecule is C/C(=C\CC[C@](C)(O)/C=C/C/C(C)=C/CC/C(C)=C/CO)CO. The molecule has 0 fully saturated rings. The lowest BCUT2D eigenvalue weighted by atomic mass is 9.98. The van der Waals surface area contributed by atoms with E-state index in [0.29, 0.717) is 6.42 Å². The van der Waals surface area contributed by atoms with Crippen molar-refractivity contribution in [2.75, 3.05) is 13.2 Å². The molecule has 0 spiro atoms. The zero-order valence-corrected chi connectivity index (χ0v) is 15.2. The van der Waals surface area contributed by atoms with E-state index in [-0.39, 0.29) is 13.2 Å². The highest BCUT2D eigenvalue weighted by Crippen LogP contribution is 2.16.